The highest BCUT2D eigenvalue weighted by Crippen LogP contribution is 2.28. The molecule has 0 saturated carbocycles. The third kappa shape index (κ3) is 5.14. The van der Waals surface area contributed by atoms with Crippen molar-refractivity contribution in [2.75, 3.05) is 11.9 Å². The summed E-state index contributed by atoms with van der Waals surface area (Å²) in [5.74, 6) is -2.48. The Morgan fingerprint density at radius 2 is 1.87 bits per heavy atom. The smallest absolute Gasteiger partial charge is 0.327 e. The molecule has 0 spiro atoms. The molecule has 0 radical (unpaired) electrons. The first-order valence-corrected chi connectivity index (χ1v) is 10.0. The van der Waals surface area contributed by atoms with Crippen LogP contribution in [0.1, 0.15) is 52.0 Å². The van der Waals surface area contributed by atoms with Gasteiger partial charge in [0.15, 0.2) is 6.10 Å². The van der Waals surface area contributed by atoms with Crippen molar-refractivity contribution in [2.24, 2.45) is 0 Å². The van der Waals surface area contributed by atoms with Gasteiger partial charge in [-0.05, 0) is 44.4 Å². The highest BCUT2D eigenvalue weighted by molar-refractivity contribution is 6.08. The van der Waals surface area contributed by atoms with Crippen LogP contribution >= 0.6 is 0 Å². The number of hydrogen-bond donors (Lipinski definition) is 2. The molecule has 1 aliphatic heterocycles. The average molecular weight is 421 g/mol. The van der Waals surface area contributed by atoms with E-state index in [0.29, 0.717) is 31.2 Å². The number of nitrogens with one attached hydrogen (secondary N) is 2. The largest absolute Gasteiger partial charge is 0.451 e. The summed E-state index contributed by atoms with van der Waals surface area (Å²) in [5.41, 5.74) is -0.341. The molecule has 30 heavy (non-hydrogen) atoms. The number of carbonyl (C=O) groups excluding carboxylic acids is 4. The van der Waals surface area contributed by atoms with Crippen molar-refractivity contribution in [1.29, 1.82) is 0 Å². The van der Waals surface area contributed by atoms with Crippen molar-refractivity contribution in [1.82, 2.24) is 10.2 Å². The van der Waals surface area contributed by atoms with Crippen molar-refractivity contribution in [3.8, 4) is 0 Å². The molecular formula is C21H28FN3O5. The number of carbonyl (C=O) groups is 4. The molecule has 1 atom stereocenters. The molecule has 1 aromatic carbocycles. The molecule has 9 heteroatoms. The zero-order valence-electron chi connectivity index (χ0n) is 17.7. The van der Waals surface area contributed by atoms with Crippen molar-refractivity contribution >= 4 is 29.5 Å². The van der Waals surface area contributed by atoms with Gasteiger partial charge in [-0.15, -0.1) is 0 Å². The molecule has 0 aromatic heterocycles. The Labute approximate surface area is 175 Å². The number of amides is 4. The number of imide groups is 1. The van der Waals surface area contributed by atoms with Crippen molar-refractivity contribution < 1.29 is 28.3 Å². The maximum absolute atomic E-state index is 13.6. The van der Waals surface area contributed by atoms with E-state index < -0.39 is 47.8 Å². The topological polar surface area (TPSA) is 105 Å². The van der Waals surface area contributed by atoms with Gasteiger partial charge in [0.05, 0.1) is 0 Å². The summed E-state index contributed by atoms with van der Waals surface area (Å²) in [6, 6.07) is 3.55. The summed E-state index contributed by atoms with van der Waals surface area (Å²) >= 11 is 0. The fraction of sp³-hybridized carbons (Fsp3) is 0.524. The number of anilines is 1. The van der Waals surface area contributed by atoms with Crippen LogP contribution in [0, 0.1) is 12.7 Å². The Morgan fingerprint density at radius 3 is 2.43 bits per heavy atom. The van der Waals surface area contributed by atoms with Crippen LogP contribution < -0.4 is 10.6 Å². The van der Waals surface area contributed by atoms with Crippen LogP contribution in [0.15, 0.2) is 18.2 Å². The third-order valence-corrected chi connectivity index (χ3v) is 5.00. The predicted octanol–water partition coefficient (Wildman–Crippen LogP) is 2.90. The summed E-state index contributed by atoms with van der Waals surface area (Å²) in [5, 5.41) is 5.16. The molecule has 0 bridgehead atoms. The van der Waals surface area contributed by atoms with Gasteiger partial charge in [0.2, 0.25) is 0 Å². The second kappa shape index (κ2) is 9.69. The minimum atomic E-state index is -1.20. The van der Waals surface area contributed by atoms with E-state index in [1.807, 2.05) is 13.8 Å². The van der Waals surface area contributed by atoms with E-state index in [1.165, 1.54) is 19.1 Å². The number of hydrogen-bond acceptors (Lipinski definition) is 5. The van der Waals surface area contributed by atoms with Gasteiger partial charge < -0.3 is 15.4 Å². The van der Waals surface area contributed by atoms with Gasteiger partial charge in [0, 0.05) is 5.69 Å². The first-order chi connectivity index (χ1) is 14.1. The first-order valence-electron chi connectivity index (χ1n) is 10.0. The first kappa shape index (κ1) is 23.3. The van der Waals surface area contributed by atoms with Gasteiger partial charge >= 0.3 is 12.0 Å². The quantitative estimate of drug-likeness (QED) is 0.471. The minimum Gasteiger partial charge on any atom is -0.451 e. The molecule has 1 fully saturated rings. The highest BCUT2D eigenvalue weighted by atomic mass is 19.1. The van der Waals surface area contributed by atoms with Crippen molar-refractivity contribution in [2.45, 2.75) is 65.0 Å². The van der Waals surface area contributed by atoms with Gasteiger partial charge in [-0.2, -0.15) is 0 Å². The molecule has 1 aliphatic rings. The number of halogens is 1. The average Bonchev–Trinajstić information content (AvgIpc) is 2.89. The molecule has 8 nitrogen and oxygen atoms in total. The molecular weight excluding hydrogens is 393 g/mol. The summed E-state index contributed by atoms with van der Waals surface area (Å²) in [6.07, 6.45) is 1.15. The van der Waals surface area contributed by atoms with Crippen molar-refractivity contribution in [3.05, 3.63) is 29.6 Å². The maximum atomic E-state index is 13.6. The molecule has 2 N–H and O–H groups in total. The van der Waals surface area contributed by atoms with E-state index in [0.717, 1.165) is 11.0 Å². The molecule has 0 aliphatic carbocycles. The summed E-state index contributed by atoms with van der Waals surface area (Å²) < 4.78 is 18.7. The fourth-order valence-corrected chi connectivity index (χ4v) is 3.47. The van der Waals surface area contributed by atoms with E-state index in [4.69, 9.17) is 4.74 Å². The normalized spacial score (nSPS) is 16.2. The molecule has 1 saturated heterocycles. The summed E-state index contributed by atoms with van der Waals surface area (Å²) in [6.45, 7) is 6.18. The van der Waals surface area contributed by atoms with Gasteiger partial charge in [-0.1, -0.05) is 32.8 Å². The van der Waals surface area contributed by atoms with Gasteiger partial charge in [0.25, 0.3) is 11.8 Å². The minimum absolute atomic E-state index is 0.226. The zero-order chi connectivity index (χ0) is 22.5. The predicted molar refractivity (Wildman–Crippen MR) is 108 cm³/mol. The second-order valence-electron chi connectivity index (χ2n) is 7.49. The Bertz CT molecular complexity index is 836. The van der Waals surface area contributed by atoms with Crippen LogP contribution in [0.3, 0.4) is 0 Å². The maximum Gasteiger partial charge on any atom is 0.327 e. The lowest BCUT2D eigenvalue weighted by atomic mass is 9.88. The van der Waals surface area contributed by atoms with Gasteiger partial charge in [0.1, 0.15) is 17.9 Å². The van der Waals surface area contributed by atoms with Crippen LogP contribution in [-0.2, 0) is 19.1 Å². The molecule has 2 rings (SSSR count). The third-order valence-electron chi connectivity index (χ3n) is 5.00. The lowest BCUT2D eigenvalue weighted by Crippen LogP contribution is -2.47. The van der Waals surface area contributed by atoms with E-state index in [-0.39, 0.29) is 5.69 Å². The standard InChI is InChI=1S/C21H28FN3O5/c1-5-9-21(10-6-2)19(28)25(20(29)24-21)12-17(26)30-14(4)18(27)23-15-8-7-13(3)16(22)11-15/h7-8,11,14H,5-6,9-10,12H2,1-4H3,(H,23,27)(H,24,29)/t14-/m0/s1. The number of esters is 1. The lowest BCUT2D eigenvalue weighted by Gasteiger charge is -2.25. The molecule has 1 aromatic rings. The Hall–Kier alpha value is -2.97. The lowest BCUT2D eigenvalue weighted by molar-refractivity contribution is -0.155. The number of rotatable bonds is 9. The van der Waals surface area contributed by atoms with Crippen LogP contribution in [0.4, 0.5) is 14.9 Å². The van der Waals surface area contributed by atoms with Crippen molar-refractivity contribution in [3.63, 3.8) is 0 Å². The monoisotopic (exact) mass is 421 g/mol. The van der Waals surface area contributed by atoms with E-state index in [1.54, 1.807) is 6.92 Å². The summed E-state index contributed by atoms with van der Waals surface area (Å²) in [4.78, 5) is 50.4. The number of urea groups is 1. The zero-order valence-corrected chi connectivity index (χ0v) is 17.7. The number of ether oxygens (including phenoxy) is 1. The number of aryl methyl sites for hydroxylation is 1. The molecule has 1 heterocycles. The second-order valence-corrected chi connectivity index (χ2v) is 7.49. The van der Waals surface area contributed by atoms with Crippen LogP contribution in [0.25, 0.3) is 0 Å². The van der Waals surface area contributed by atoms with E-state index in [9.17, 15) is 23.6 Å². The van der Waals surface area contributed by atoms with Crippen LogP contribution in [0.5, 0.6) is 0 Å². The molecule has 0 unspecified atom stereocenters. The Kier molecular flexibility index (Phi) is 7.53. The molecule has 164 valence electrons. The van der Waals surface area contributed by atoms with E-state index in [2.05, 4.69) is 10.6 Å². The molecule has 4 amide bonds. The number of nitrogens with zero attached hydrogens (tertiary/aromatic N) is 1. The summed E-state index contributed by atoms with van der Waals surface area (Å²) in [7, 11) is 0. The van der Waals surface area contributed by atoms with Crippen LogP contribution in [-0.4, -0.2) is 46.9 Å². The van der Waals surface area contributed by atoms with Crippen LogP contribution in [0.2, 0.25) is 0 Å². The van der Waals surface area contributed by atoms with E-state index >= 15 is 0 Å². The van der Waals surface area contributed by atoms with Gasteiger partial charge in [-0.3, -0.25) is 19.3 Å². The Morgan fingerprint density at radius 1 is 1.23 bits per heavy atom. The SMILES string of the molecule is CCCC1(CCC)NC(=O)N(CC(=O)O[C@@H](C)C(=O)Nc2ccc(C)c(F)c2)C1=O. The number of benzene rings is 1. The Balaban J connectivity index is 1.97. The van der Waals surface area contributed by atoms with Gasteiger partial charge in [-0.25, -0.2) is 9.18 Å². The fourth-order valence-electron chi connectivity index (χ4n) is 3.47. The highest BCUT2D eigenvalue weighted by Gasteiger charge is 2.50.